The number of halogens is 2. The summed E-state index contributed by atoms with van der Waals surface area (Å²) in [6.07, 6.45) is 4.62. The molecule has 0 bridgehead atoms. The summed E-state index contributed by atoms with van der Waals surface area (Å²) in [7, 11) is 1.63. The Morgan fingerprint density at radius 2 is 1.89 bits per heavy atom. The first-order valence-corrected chi connectivity index (χ1v) is 10.6. The lowest BCUT2D eigenvalue weighted by molar-refractivity contribution is 0.0948. The Morgan fingerprint density at radius 1 is 1.18 bits per heavy atom. The van der Waals surface area contributed by atoms with E-state index in [0.717, 1.165) is 42.5 Å². The van der Waals surface area contributed by atoms with Crippen LogP contribution in [-0.2, 0) is 17.6 Å². The van der Waals surface area contributed by atoms with E-state index < -0.39 is 0 Å². The topological polar surface area (TPSA) is 80.3 Å². The van der Waals surface area contributed by atoms with Crippen LogP contribution in [0.15, 0.2) is 12.1 Å². The fraction of sp³-hybridized carbons (Fsp3) is 0.421. The van der Waals surface area contributed by atoms with Gasteiger partial charge in [0.15, 0.2) is 0 Å². The standard InChI is InChI=1S/C19H21Cl2N3O3S/c1-27-8-4-7-22-18(26)16-12-5-2-3-6-13(12)28-19(16)24-17(25)11-9-14(20)23-15(21)10-11/h9-10H,2-8H2,1H3,(H,22,26)(H,24,25). The molecule has 2 aromatic rings. The molecule has 150 valence electrons. The predicted octanol–water partition coefficient (Wildman–Crippen LogP) is 4.35. The van der Waals surface area contributed by atoms with Gasteiger partial charge in [0.25, 0.3) is 11.8 Å². The maximum absolute atomic E-state index is 12.8. The van der Waals surface area contributed by atoms with E-state index in [2.05, 4.69) is 15.6 Å². The van der Waals surface area contributed by atoms with Crippen molar-refractivity contribution in [1.82, 2.24) is 10.3 Å². The molecule has 2 aromatic heterocycles. The summed E-state index contributed by atoms with van der Waals surface area (Å²) < 4.78 is 5.02. The van der Waals surface area contributed by atoms with Crippen LogP contribution in [0.4, 0.5) is 5.00 Å². The minimum atomic E-state index is -0.377. The van der Waals surface area contributed by atoms with E-state index in [1.165, 1.54) is 23.5 Å². The summed E-state index contributed by atoms with van der Waals surface area (Å²) in [5.41, 5.74) is 1.90. The molecule has 3 rings (SSSR count). The molecule has 0 saturated heterocycles. The number of anilines is 1. The number of fused-ring (bicyclic) bond motifs is 1. The number of hydrogen-bond donors (Lipinski definition) is 2. The average Bonchev–Trinajstić information content (AvgIpc) is 3.02. The molecule has 0 aromatic carbocycles. The van der Waals surface area contributed by atoms with Crippen LogP contribution in [0.2, 0.25) is 10.3 Å². The maximum Gasteiger partial charge on any atom is 0.256 e. The van der Waals surface area contributed by atoms with Gasteiger partial charge in [0.2, 0.25) is 0 Å². The Kier molecular flexibility index (Phi) is 7.29. The molecule has 2 N–H and O–H groups in total. The van der Waals surface area contributed by atoms with Crippen LogP contribution < -0.4 is 10.6 Å². The second kappa shape index (κ2) is 9.69. The highest BCUT2D eigenvalue weighted by atomic mass is 35.5. The number of hydrogen-bond acceptors (Lipinski definition) is 5. The lowest BCUT2D eigenvalue weighted by atomic mass is 9.95. The molecule has 0 saturated carbocycles. The van der Waals surface area contributed by atoms with E-state index in [0.29, 0.717) is 29.3 Å². The summed E-state index contributed by atoms with van der Waals surface area (Å²) in [6, 6.07) is 2.89. The number of nitrogens with zero attached hydrogens (tertiary/aromatic N) is 1. The van der Waals surface area contributed by atoms with Crippen molar-refractivity contribution in [3.8, 4) is 0 Å². The van der Waals surface area contributed by atoms with Crippen LogP contribution in [0.5, 0.6) is 0 Å². The highest BCUT2D eigenvalue weighted by molar-refractivity contribution is 7.17. The summed E-state index contributed by atoms with van der Waals surface area (Å²) in [5.74, 6) is -0.546. The molecule has 0 fully saturated rings. The first kappa shape index (κ1) is 21.0. The third-order valence-corrected chi connectivity index (χ3v) is 6.06. The van der Waals surface area contributed by atoms with Gasteiger partial charge >= 0.3 is 0 Å². The molecule has 2 amide bonds. The highest BCUT2D eigenvalue weighted by Crippen LogP contribution is 2.38. The van der Waals surface area contributed by atoms with Gasteiger partial charge in [-0.05, 0) is 49.8 Å². The lowest BCUT2D eigenvalue weighted by Crippen LogP contribution is -2.27. The van der Waals surface area contributed by atoms with E-state index >= 15 is 0 Å². The summed E-state index contributed by atoms with van der Waals surface area (Å²) in [6.45, 7) is 1.09. The van der Waals surface area contributed by atoms with Crippen LogP contribution in [0.1, 0.15) is 50.4 Å². The lowest BCUT2D eigenvalue weighted by Gasteiger charge is -2.13. The van der Waals surface area contributed by atoms with Crippen molar-refractivity contribution in [1.29, 1.82) is 0 Å². The van der Waals surface area contributed by atoms with Crippen LogP contribution in [0.3, 0.4) is 0 Å². The predicted molar refractivity (Wildman–Crippen MR) is 112 cm³/mol. The van der Waals surface area contributed by atoms with Gasteiger partial charge in [-0.15, -0.1) is 11.3 Å². The minimum Gasteiger partial charge on any atom is -0.385 e. The van der Waals surface area contributed by atoms with Gasteiger partial charge in [-0.25, -0.2) is 4.98 Å². The van der Waals surface area contributed by atoms with Crippen molar-refractivity contribution in [3.63, 3.8) is 0 Å². The number of ether oxygens (including phenoxy) is 1. The van der Waals surface area contributed by atoms with Crippen molar-refractivity contribution in [2.24, 2.45) is 0 Å². The van der Waals surface area contributed by atoms with E-state index in [1.54, 1.807) is 7.11 Å². The van der Waals surface area contributed by atoms with Crippen molar-refractivity contribution < 1.29 is 14.3 Å². The van der Waals surface area contributed by atoms with E-state index in [-0.39, 0.29) is 22.1 Å². The third-order valence-electron chi connectivity index (χ3n) is 4.46. The average molecular weight is 442 g/mol. The van der Waals surface area contributed by atoms with Crippen LogP contribution in [0.25, 0.3) is 0 Å². The quantitative estimate of drug-likeness (QED) is 0.494. The molecule has 9 heteroatoms. The SMILES string of the molecule is COCCCNC(=O)c1c(NC(=O)c2cc(Cl)nc(Cl)c2)sc2c1CCCC2. The first-order chi connectivity index (χ1) is 13.5. The van der Waals surface area contributed by atoms with E-state index in [9.17, 15) is 9.59 Å². The van der Waals surface area contributed by atoms with Gasteiger partial charge in [-0.1, -0.05) is 23.2 Å². The van der Waals surface area contributed by atoms with Gasteiger partial charge in [0, 0.05) is 30.7 Å². The summed E-state index contributed by atoms with van der Waals surface area (Å²) >= 11 is 13.3. The molecule has 1 aliphatic carbocycles. The van der Waals surface area contributed by atoms with Gasteiger partial charge in [-0.2, -0.15) is 0 Å². The van der Waals surface area contributed by atoms with E-state index in [1.807, 2.05) is 0 Å². The van der Waals surface area contributed by atoms with Crippen molar-refractivity contribution in [2.45, 2.75) is 32.1 Å². The Hall–Kier alpha value is -1.67. The van der Waals surface area contributed by atoms with Crippen LogP contribution in [0, 0.1) is 0 Å². The molecule has 1 aliphatic rings. The van der Waals surface area contributed by atoms with Crippen molar-refractivity contribution in [2.75, 3.05) is 25.6 Å². The molecule has 0 atom stereocenters. The van der Waals surface area contributed by atoms with Crippen LogP contribution in [-0.4, -0.2) is 37.1 Å². The molecular weight excluding hydrogens is 421 g/mol. The molecule has 0 aliphatic heterocycles. The molecule has 0 unspecified atom stereocenters. The Bertz CT molecular complexity index is 865. The fourth-order valence-corrected chi connectivity index (χ4v) is 4.91. The normalized spacial score (nSPS) is 13.1. The monoisotopic (exact) mass is 441 g/mol. The molecule has 2 heterocycles. The zero-order chi connectivity index (χ0) is 20.1. The second-order valence-corrected chi connectivity index (χ2v) is 8.35. The molecule has 0 spiro atoms. The Labute approximate surface area is 177 Å². The number of amides is 2. The smallest absolute Gasteiger partial charge is 0.256 e. The number of thiophene rings is 1. The van der Waals surface area contributed by atoms with Gasteiger partial charge in [0.05, 0.1) is 5.56 Å². The number of aromatic nitrogens is 1. The van der Waals surface area contributed by atoms with Crippen molar-refractivity contribution >= 4 is 51.4 Å². The number of methoxy groups -OCH3 is 1. The number of aryl methyl sites for hydroxylation is 1. The molecule has 28 heavy (non-hydrogen) atoms. The zero-order valence-electron chi connectivity index (χ0n) is 15.4. The maximum atomic E-state index is 12.8. The Morgan fingerprint density at radius 3 is 2.61 bits per heavy atom. The highest BCUT2D eigenvalue weighted by Gasteiger charge is 2.26. The van der Waals surface area contributed by atoms with E-state index in [4.69, 9.17) is 27.9 Å². The first-order valence-electron chi connectivity index (χ1n) is 9.05. The second-order valence-electron chi connectivity index (χ2n) is 6.47. The zero-order valence-corrected chi connectivity index (χ0v) is 17.8. The molecule has 0 radical (unpaired) electrons. The molecular formula is C19H21Cl2N3O3S. The number of nitrogens with one attached hydrogen (secondary N) is 2. The number of carbonyl (C=O) groups excluding carboxylic acids is 2. The van der Waals surface area contributed by atoms with Gasteiger partial charge in [0.1, 0.15) is 15.3 Å². The van der Waals surface area contributed by atoms with Crippen molar-refractivity contribution in [3.05, 3.63) is 44.0 Å². The summed E-state index contributed by atoms with van der Waals surface area (Å²) in [5, 5.41) is 6.63. The number of pyridine rings is 1. The van der Waals surface area contributed by atoms with Gasteiger partial charge < -0.3 is 15.4 Å². The number of carbonyl (C=O) groups is 2. The summed E-state index contributed by atoms with van der Waals surface area (Å²) in [4.78, 5) is 30.6. The largest absolute Gasteiger partial charge is 0.385 e. The third kappa shape index (κ3) is 5.03. The number of rotatable bonds is 7. The van der Waals surface area contributed by atoms with Crippen LogP contribution >= 0.6 is 34.5 Å². The fourth-order valence-electron chi connectivity index (χ4n) is 3.17. The molecule has 6 nitrogen and oxygen atoms in total. The minimum absolute atomic E-state index is 0.138. The van der Waals surface area contributed by atoms with Gasteiger partial charge in [-0.3, -0.25) is 9.59 Å². The Balaban J connectivity index is 1.84.